The SMILES string of the molecule is C=CC[C@H]1CCC[C@H](CC=C)[NH2+]1. The summed E-state index contributed by atoms with van der Waals surface area (Å²) in [6.07, 6.45) is 10.5. The summed E-state index contributed by atoms with van der Waals surface area (Å²) in [5.74, 6) is 0. The number of piperidine rings is 1. The molecular weight excluding hydrogens is 146 g/mol. The highest BCUT2D eigenvalue weighted by Gasteiger charge is 2.22. The minimum atomic E-state index is 0.793. The van der Waals surface area contributed by atoms with Crippen molar-refractivity contribution < 1.29 is 5.32 Å². The molecule has 0 bridgehead atoms. The average Bonchev–Trinajstić information content (AvgIpc) is 2.06. The minimum Gasteiger partial charge on any atom is -0.341 e. The summed E-state index contributed by atoms with van der Waals surface area (Å²) in [5.41, 5.74) is 0. The number of hydrogen-bond acceptors (Lipinski definition) is 0. The lowest BCUT2D eigenvalue weighted by molar-refractivity contribution is -0.728. The zero-order valence-electron chi connectivity index (χ0n) is 7.84. The van der Waals surface area contributed by atoms with Gasteiger partial charge in [-0.3, -0.25) is 0 Å². The molecule has 0 saturated carbocycles. The standard InChI is InChI=1S/C11H19N/c1-3-6-10-8-5-9-11(12-10)7-4-2/h3-4,10-12H,1-2,5-9H2/p+1/t10-,11-/m0/s1. The lowest BCUT2D eigenvalue weighted by Gasteiger charge is -2.26. The van der Waals surface area contributed by atoms with Gasteiger partial charge in [0.15, 0.2) is 0 Å². The van der Waals surface area contributed by atoms with Crippen molar-refractivity contribution in [3.05, 3.63) is 25.3 Å². The smallest absolute Gasteiger partial charge is 0.0896 e. The first-order valence-electron chi connectivity index (χ1n) is 4.93. The summed E-state index contributed by atoms with van der Waals surface area (Å²) in [6.45, 7) is 7.57. The van der Waals surface area contributed by atoms with Crippen molar-refractivity contribution in [2.75, 3.05) is 0 Å². The molecule has 0 aromatic carbocycles. The van der Waals surface area contributed by atoms with Gasteiger partial charge in [-0.25, -0.2) is 0 Å². The van der Waals surface area contributed by atoms with Crippen molar-refractivity contribution in [2.24, 2.45) is 0 Å². The number of quaternary nitrogens is 1. The highest BCUT2D eigenvalue weighted by Crippen LogP contribution is 2.10. The lowest BCUT2D eigenvalue weighted by atomic mass is 9.95. The van der Waals surface area contributed by atoms with E-state index in [1.807, 2.05) is 12.2 Å². The Morgan fingerprint density at radius 3 is 2.00 bits per heavy atom. The Labute approximate surface area is 75.6 Å². The topological polar surface area (TPSA) is 16.6 Å². The number of hydrogen-bond donors (Lipinski definition) is 1. The van der Waals surface area contributed by atoms with Crippen LogP contribution in [0.15, 0.2) is 25.3 Å². The van der Waals surface area contributed by atoms with Crippen LogP contribution in [0.2, 0.25) is 0 Å². The second kappa shape index (κ2) is 5.15. The highest BCUT2D eigenvalue weighted by molar-refractivity contribution is 4.78. The fourth-order valence-electron chi connectivity index (χ4n) is 2.04. The van der Waals surface area contributed by atoms with Crippen LogP contribution in [0, 0.1) is 0 Å². The van der Waals surface area contributed by atoms with E-state index in [-0.39, 0.29) is 0 Å². The maximum absolute atomic E-state index is 3.79. The summed E-state index contributed by atoms with van der Waals surface area (Å²) in [6, 6.07) is 1.59. The Balaban J connectivity index is 2.29. The molecule has 0 aliphatic carbocycles. The Morgan fingerprint density at radius 2 is 1.58 bits per heavy atom. The third kappa shape index (κ3) is 2.82. The van der Waals surface area contributed by atoms with Crippen LogP contribution < -0.4 is 5.32 Å². The summed E-state index contributed by atoms with van der Waals surface area (Å²) >= 11 is 0. The summed E-state index contributed by atoms with van der Waals surface area (Å²) in [7, 11) is 0. The fraction of sp³-hybridized carbons (Fsp3) is 0.636. The molecular formula is C11H20N+. The molecule has 1 nitrogen and oxygen atoms in total. The van der Waals surface area contributed by atoms with Crippen molar-refractivity contribution in [1.29, 1.82) is 0 Å². The predicted octanol–water partition coefficient (Wildman–Crippen LogP) is 1.62. The van der Waals surface area contributed by atoms with E-state index in [2.05, 4.69) is 18.5 Å². The molecule has 0 aromatic heterocycles. The molecule has 1 saturated heterocycles. The predicted molar refractivity (Wildman–Crippen MR) is 53.0 cm³/mol. The zero-order valence-corrected chi connectivity index (χ0v) is 7.84. The molecule has 1 heterocycles. The van der Waals surface area contributed by atoms with Crippen molar-refractivity contribution in [2.45, 2.75) is 44.2 Å². The van der Waals surface area contributed by atoms with Crippen molar-refractivity contribution in [3.8, 4) is 0 Å². The Kier molecular flexibility index (Phi) is 4.09. The lowest BCUT2D eigenvalue weighted by Crippen LogP contribution is -2.96. The molecule has 2 atom stereocenters. The third-order valence-electron chi connectivity index (χ3n) is 2.63. The van der Waals surface area contributed by atoms with E-state index in [0.29, 0.717) is 0 Å². The molecule has 1 fully saturated rings. The first-order chi connectivity index (χ1) is 5.86. The van der Waals surface area contributed by atoms with Crippen LogP contribution in [-0.2, 0) is 0 Å². The molecule has 0 aromatic rings. The maximum Gasteiger partial charge on any atom is 0.0896 e. The minimum absolute atomic E-state index is 0.793. The van der Waals surface area contributed by atoms with Gasteiger partial charge in [0.1, 0.15) is 0 Å². The van der Waals surface area contributed by atoms with Gasteiger partial charge in [0.05, 0.1) is 12.1 Å². The quantitative estimate of drug-likeness (QED) is 0.611. The van der Waals surface area contributed by atoms with Gasteiger partial charge in [-0.2, -0.15) is 0 Å². The Hall–Kier alpha value is -0.560. The monoisotopic (exact) mass is 166 g/mol. The van der Waals surface area contributed by atoms with Crippen LogP contribution in [0.5, 0.6) is 0 Å². The Morgan fingerprint density at radius 1 is 1.08 bits per heavy atom. The van der Waals surface area contributed by atoms with Gasteiger partial charge in [-0.05, 0) is 19.3 Å². The first-order valence-corrected chi connectivity index (χ1v) is 4.93. The van der Waals surface area contributed by atoms with E-state index in [4.69, 9.17) is 0 Å². The second-order valence-electron chi connectivity index (χ2n) is 3.69. The van der Waals surface area contributed by atoms with Gasteiger partial charge in [0, 0.05) is 12.8 Å². The zero-order chi connectivity index (χ0) is 8.81. The molecule has 68 valence electrons. The van der Waals surface area contributed by atoms with Crippen molar-refractivity contribution in [1.82, 2.24) is 0 Å². The second-order valence-corrected chi connectivity index (χ2v) is 3.69. The molecule has 2 N–H and O–H groups in total. The molecule has 0 unspecified atom stereocenters. The number of nitrogens with two attached hydrogens (primary N) is 1. The van der Waals surface area contributed by atoms with Gasteiger partial charge in [-0.15, -0.1) is 13.2 Å². The third-order valence-corrected chi connectivity index (χ3v) is 2.63. The molecule has 1 aliphatic rings. The van der Waals surface area contributed by atoms with Crippen molar-refractivity contribution in [3.63, 3.8) is 0 Å². The molecule has 1 aliphatic heterocycles. The molecule has 0 radical (unpaired) electrons. The van der Waals surface area contributed by atoms with Crippen LogP contribution >= 0.6 is 0 Å². The van der Waals surface area contributed by atoms with E-state index in [0.717, 1.165) is 24.9 Å². The summed E-state index contributed by atoms with van der Waals surface area (Å²) in [5, 5.41) is 2.51. The molecule has 1 rings (SSSR count). The molecule has 1 heteroatoms. The molecule has 12 heavy (non-hydrogen) atoms. The van der Waals surface area contributed by atoms with E-state index in [1.54, 1.807) is 0 Å². The van der Waals surface area contributed by atoms with Gasteiger partial charge in [0.25, 0.3) is 0 Å². The van der Waals surface area contributed by atoms with Gasteiger partial charge >= 0.3 is 0 Å². The molecule has 0 spiro atoms. The van der Waals surface area contributed by atoms with E-state index >= 15 is 0 Å². The maximum atomic E-state index is 3.79. The van der Waals surface area contributed by atoms with Gasteiger partial charge in [-0.1, -0.05) is 12.2 Å². The van der Waals surface area contributed by atoms with Crippen LogP contribution in [0.4, 0.5) is 0 Å². The van der Waals surface area contributed by atoms with Gasteiger partial charge in [0.2, 0.25) is 0 Å². The molecule has 0 amide bonds. The van der Waals surface area contributed by atoms with E-state index < -0.39 is 0 Å². The largest absolute Gasteiger partial charge is 0.341 e. The summed E-state index contributed by atoms with van der Waals surface area (Å²) in [4.78, 5) is 0. The van der Waals surface area contributed by atoms with E-state index in [1.165, 1.54) is 19.3 Å². The van der Waals surface area contributed by atoms with Crippen LogP contribution in [0.25, 0.3) is 0 Å². The normalized spacial score (nSPS) is 29.7. The van der Waals surface area contributed by atoms with Crippen LogP contribution in [0.1, 0.15) is 32.1 Å². The fourth-order valence-corrected chi connectivity index (χ4v) is 2.04. The van der Waals surface area contributed by atoms with Crippen molar-refractivity contribution >= 4 is 0 Å². The summed E-state index contributed by atoms with van der Waals surface area (Å²) < 4.78 is 0. The Bertz CT molecular complexity index is 135. The van der Waals surface area contributed by atoms with E-state index in [9.17, 15) is 0 Å². The van der Waals surface area contributed by atoms with Crippen LogP contribution in [0.3, 0.4) is 0 Å². The highest BCUT2D eigenvalue weighted by atomic mass is 15.0. The first kappa shape index (κ1) is 9.53. The van der Waals surface area contributed by atoms with Gasteiger partial charge < -0.3 is 5.32 Å². The average molecular weight is 166 g/mol. The van der Waals surface area contributed by atoms with Crippen LogP contribution in [-0.4, -0.2) is 12.1 Å². The number of rotatable bonds is 4.